The first-order chi connectivity index (χ1) is 8.63. The first-order valence-electron chi connectivity index (χ1n) is 5.91. The normalized spacial score (nSPS) is 22.4. The van der Waals surface area contributed by atoms with Crippen LogP contribution in [0.4, 0.5) is 0 Å². The molecule has 1 aromatic heterocycles. The maximum Gasteiger partial charge on any atom is 0.135 e. The van der Waals surface area contributed by atoms with Crippen LogP contribution in [0.25, 0.3) is 0 Å². The van der Waals surface area contributed by atoms with E-state index in [1.54, 1.807) is 11.3 Å². The van der Waals surface area contributed by atoms with Gasteiger partial charge in [0, 0.05) is 32.8 Å². The Kier molecular flexibility index (Phi) is 3.06. The predicted molar refractivity (Wildman–Crippen MR) is 75.4 cm³/mol. The highest BCUT2D eigenvalue weighted by molar-refractivity contribution is 7.12. The number of thiophene rings is 1. The Morgan fingerprint density at radius 3 is 2.89 bits per heavy atom. The minimum atomic E-state index is -0.0140. The van der Waals surface area contributed by atoms with Gasteiger partial charge in [-0.05, 0) is 37.3 Å². The fourth-order valence-corrected chi connectivity index (χ4v) is 3.38. The number of benzene rings is 1. The molecule has 3 rings (SSSR count). The van der Waals surface area contributed by atoms with Crippen LogP contribution in [0.3, 0.4) is 0 Å². The van der Waals surface area contributed by atoms with Crippen LogP contribution in [0.2, 0.25) is 5.02 Å². The van der Waals surface area contributed by atoms with E-state index >= 15 is 0 Å². The Bertz CT molecular complexity index is 581. The molecule has 18 heavy (non-hydrogen) atoms. The predicted octanol–water partition coefficient (Wildman–Crippen LogP) is 4.23. The number of nitrogens with two attached hydrogens (primary N) is 1. The van der Waals surface area contributed by atoms with Gasteiger partial charge in [0.1, 0.15) is 11.9 Å². The molecule has 2 N–H and O–H groups in total. The van der Waals surface area contributed by atoms with E-state index in [0.29, 0.717) is 5.02 Å². The molecule has 94 valence electrons. The molecule has 0 saturated heterocycles. The van der Waals surface area contributed by atoms with Crippen molar-refractivity contribution in [1.29, 1.82) is 0 Å². The topological polar surface area (TPSA) is 35.2 Å². The van der Waals surface area contributed by atoms with E-state index in [0.717, 1.165) is 17.7 Å². The Labute approximate surface area is 115 Å². The molecule has 0 fully saturated rings. The summed E-state index contributed by atoms with van der Waals surface area (Å²) in [7, 11) is 0. The van der Waals surface area contributed by atoms with Gasteiger partial charge in [-0.15, -0.1) is 11.3 Å². The minimum Gasteiger partial charge on any atom is -0.484 e. The van der Waals surface area contributed by atoms with Crippen LogP contribution >= 0.6 is 22.9 Å². The second kappa shape index (κ2) is 4.57. The van der Waals surface area contributed by atoms with E-state index in [1.165, 1.54) is 9.75 Å². The van der Waals surface area contributed by atoms with Crippen molar-refractivity contribution in [1.82, 2.24) is 0 Å². The molecular formula is C14H14ClNOS. The van der Waals surface area contributed by atoms with Crippen molar-refractivity contribution in [2.75, 3.05) is 0 Å². The van der Waals surface area contributed by atoms with Gasteiger partial charge in [-0.25, -0.2) is 0 Å². The van der Waals surface area contributed by atoms with Crippen molar-refractivity contribution in [3.63, 3.8) is 0 Å². The van der Waals surface area contributed by atoms with Gasteiger partial charge >= 0.3 is 0 Å². The molecule has 0 radical (unpaired) electrons. The highest BCUT2D eigenvalue weighted by atomic mass is 35.5. The van der Waals surface area contributed by atoms with Gasteiger partial charge in [-0.1, -0.05) is 11.6 Å². The largest absolute Gasteiger partial charge is 0.484 e. The van der Waals surface area contributed by atoms with E-state index in [4.69, 9.17) is 22.1 Å². The summed E-state index contributed by atoms with van der Waals surface area (Å²) in [5.74, 6) is 0.856. The number of aryl methyl sites for hydroxylation is 1. The van der Waals surface area contributed by atoms with Gasteiger partial charge in [0.25, 0.3) is 0 Å². The van der Waals surface area contributed by atoms with Crippen molar-refractivity contribution >= 4 is 22.9 Å². The van der Waals surface area contributed by atoms with Crippen molar-refractivity contribution in [2.45, 2.75) is 25.5 Å². The second-order valence-corrected chi connectivity index (χ2v) is 6.34. The first kappa shape index (κ1) is 12.0. The van der Waals surface area contributed by atoms with Crippen LogP contribution in [0.15, 0.2) is 30.3 Å². The van der Waals surface area contributed by atoms with Crippen molar-refractivity contribution in [3.05, 3.63) is 50.7 Å². The van der Waals surface area contributed by atoms with E-state index in [9.17, 15) is 0 Å². The molecule has 0 bridgehead atoms. The van der Waals surface area contributed by atoms with Gasteiger partial charge < -0.3 is 10.5 Å². The van der Waals surface area contributed by atoms with Crippen molar-refractivity contribution in [3.8, 4) is 5.75 Å². The maximum absolute atomic E-state index is 6.22. The summed E-state index contributed by atoms with van der Waals surface area (Å²) in [6.45, 7) is 2.10. The van der Waals surface area contributed by atoms with Gasteiger partial charge in [0.05, 0.1) is 0 Å². The molecule has 1 aliphatic rings. The van der Waals surface area contributed by atoms with Crippen LogP contribution in [0.1, 0.15) is 33.9 Å². The minimum absolute atomic E-state index is 0.0140. The summed E-state index contributed by atoms with van der Waals surface area (Å²) in [5.41, 5.74) is 7.22. The van der Waals surface area contributed by atoms with Crippen LogP contribution in [-0.4, -0.2) is 0 Å². The summed E-state index contributed by atoms with van der Waals surface area (Å²) in [5, 5.41) is 0.707. The third-order valence-electron chi connectivity index (χ3n) is 3.19. The van der Waals surface area contributed by atoms with E-state index < -0.39 is 0 Å². The zero-order valence-corrected chi connectivity index (χ0v) is 11.6. The molecule has 1 aliphatic heterocycles. The zero-order chi connectivity index (χ0) is 12.7. The molecule has 4 heteroatoms. The monoisotopic (exact) mass is 279 g/mol. The lowest BCUT2D eigenvalue weighted by molar-refractivity contribution is 0.165. The molecule has 2 heterocycles. The number of rotatable bonds is 1. The highest BCUT2D eigenvalue weighted by Crippen LogP contribution is 2.42. The number of ether oxygens (including phenoxy) is 1. The van der Waals surface area contributed by atoms with Crippen LogP contribution < -0.4 is 10.5 Å². The van der Waals surface area contributed by atoms with Gasteiger partial charge in [-0.2, -0.15) is 0 Å². The SMILES string of the molecule is Cc1ccc(C2C[C@@H](N)c3cc(Cl)ccc3O2)s1. The standard InChI is InChI=1S/C14H14ClNOS/c1-8-2-5-14(18-8)13-7-11(16)10-6-9(15)3-4-12(10)17-13/h2-6,11,13H,7,16H2,1H3/t11-,13?/m1/s1. The first-order valence-corrected chi connectivity index (χ1v) is 7.11. The molecule has 0 saturated carbocycles. The molecule has 2 atom stereocenters. The van der Waals surface area contributed by atoms with Gasteiger partial charge in [0.15, 0.2) is 0 Å². The maximum atomic E-state index is 6.22. The Hall–Kier alpha value is -1.03. The lowest BCUT2D eigenvalue weighted by Gasteiger charge is -2.29. The Morgan fingerprint density at radius 2 is 2.17 bits per heavy atom. The number of hydrogen-bond donors (Lipinski definition) is 1. The lowest BCUT2D eigenvalue weighted by Crippen LogP contribution is -2.23. The third kappa shape index (κ3) is 2.14. The van der Waals surface area contributed by atoms with E-state index in [2.05, 4.69) is 19.1 Å². The molecule has 1 aromatic carbocycles. The molecule has 1 unspecified atom stereocenters. The molecular weight excluding hydrogens is 266 g/mol. The molecule has 0 spiro atoms. The molecule has 0 amide bonds. The number of halogens is 1. The Morgan fingerprint density at radius 1 is 1.33 bits per heavy atom. The number of fused-ring (bicyclic) bond motifs is 1. The average molecular weight is 280 g/mol. The van der Waals surface area contributed by atoms with Crippen molar-refractivity contribution in [2.24, 2.45) is 5.73 Å². The fraction of sp³-hybridized carbons (Fsp3) is 0.286. The summed E-state index contributed by atoms with van der Waals surface area (Å²) in [6.07, 6.45) is 0.861. The summed E-state index contributed by atoms with van der Waals surface area (Å²) in [4.78, 5) is 2.53. The highest BCUT2D eigenvalue weighted by Gasteiger charge is 2.27. The molecule has 0 aliphatic carbocycles. The van der Waals surface area contributed by atoms with Crippen molar-refractivity contribution < 1.29 is 4.74 Å². The lowest BCUT2D eigenvalue weighted by atomic mass is 9.96. The number of hydrogen-bond acceptors (Lipinski definition) is 3. The second-order valence-electron chi connectivity index (χ2n) is 4.58. The summed E-state index contributed by atoms with van der Waals surface area (Å²) < 4.78 is 6.03. The Balaban J connectivity index is 1.94. The van der Waals surface area contributed by atoms with Crippen LogP contribution in [-0.2, 0) is 0 Å². The van der Waals surface area contributed by atoms with E-state index in [-0.39, 0.29) is 12.1 Å². The molecule has 2 aromatic rings. The fourth-order valence-electron chi connectivity index (χ4n) is 2.28. The average Bonchev–Trinajstić information content (AvgIpc) is 2.77. The van der Waals surface area contributed by atoms with E-state index in [1.807, 2.05) is 18.2 Å². The smallest absolute Gasteiger partial charge is 0.135 e. The summed E-state index contributed by atoms with van der Waals surface area (Å²) in [6, 6.07) is 9.88. The van der Waals surface area contributed by atoms with Gasteiger partial charge in [-0.3, -0.25) is 0 Å². The summed E-state index contributed by atoms with van der Waals surface area (Å²) >= 11 is 7.76. The van der Waals surface area contributed by atoms with Crippen LogP contribution in [0.5, 0.6) is 5.75 Å². The molecule has 2 nitrogen and oxygen atoms in total. The van der Waals surface area contributed by atoms with Crippen LogP contribution in [0, 0.1) is 6.92 Å². The third-order valence-corrected chi connectivity index (χ3v) is 4.51. The zero-order valence-electron chi connectivity index (χ0n) is 10.0. The van der Waals surface area contributed by atoms with Gasteiger partial charge in [0.2, 0.25) is 0 Å². The quantitative estimate of drug-likeness (QED) is 0.848.